The lowest BCUT2D eigenvalue weighted by molar-refractivity contribution is -0.164. The van der Waals surface area contributed by atoms with Crippen LogP contribution < -0.4 is 9.64 Å². The molecule has 2 saturated heterocycles. The third-order valence-corrected chi connectivity index (χ3v) is 5.12. The molecule has 0 radical (unpaired) electrons. The molecule has 0 unspecified atom stereocenters. The van der Waals surface area contributed by atoms with Crippen LogP contribution in [0.25, 0.3) is 0 Å². The third-order valence-electron chi connectivity index (χ3n) is 5.12. The van der Waals surface area contributed by atoms with Gasteiger partial charge >= 0.3 is 0 Å². The van der Waals surface area contributed by atoms with E-state index >= 15 is 0 Å². The van der Waals surface area contributed by atoms with Crippen molar-refractivity contribution in [1.82, 2.24) is 0 Å². The maximum absolute atomic E-state index is 12.9. The lowest BCUT2D eigenvalue weighted by Crippen LogP contribution is -2.70. The average Bonchev–Trinajstić information content (AvgIpc) is 3.06. The molecule has 2 aromatic carbocycles. The van der Waals surface area contributed by atoms with Gasteiger partial charge in [0.25, 0.3) is 5.91 Å². The van der Waals surface area contributed by atoms with Crippen molar-refractivity contribution in [3.8, 4) is 5.75 Å². The Morgan fingerprint density at radius 1 is 1.11 bits per heavy atom. The summed E-state index contributed by atoms with van der Waals surface area (Å²) in [6, 6.07) is 17.0. The monoisotopic (exact) mass is 383 g/mol. The summed E-state index contributed by atoms with van der Waals surface area (Å²) in [5, 5.41) is 0. The van der Waals surface area contributed by atoms with Crippen LogP contribution in [-0.2, 0) is 25.6 Å². The summed E-state index contributed by atoms with van der Waals surface area (Å²) in [7, 11) is 1.62. The van der Waals surface area contributed by atoms with Crippen LogP contribution in [0.2, 0.25) is 0 Å². The normalized spacial score (nSPS) is 26.2. The number of carbonyl (C=O) groups is 1. The topological polar surface area (TPSA) is 57.2 Å². The Kier molecular flexibility index (Phi) is 5.10. The van der Waals surface area contributed by atoms with Crippen molar-refractivity contribution in [3.05, 3.63) is 60.2 Å². The maximum Gasteiger partial charge on any atom is 0.258 e. The molecule has 0 aromatic heterocycles. The van der Waals surface area contributed by atoms with Crippen LogP contribution in [0.1, 0.15) is 19.4 Å². The zero-order valence-electron chi connectivity index (χ0n) is 16.3. The first-order valence-corrected chi connectivity index (χ1v) is 9.43. The van der Waals surface area contributed by atoms with E-state index in [-0.39, 0.29) is 18.1 Å². The first-order valence-electron chi connectivity index (χ1n) is 9.43. The van der Waals surface area contributed by atoms with Gasteiger partial charge in [-0.2, -0.15) is 0 Å². The van der Waals surface area contributed by atoms with Gasteiger partial charge in [-0.1, -0.05) is 30.3 Å². The minimum atomic E-state index is -0.668. The molecule has 148 valence electrons. The average molecular weight is 383 g/mol. The molecule has 1 amide bonds. The van der Waals surface area contributed by atoms with Gasteiger partial charge in [0.15, 0.2) is 11.9 Å². The van der Waals surface area contributed by atoms with Crippen LogP contribution in [0.3, 0.4) is 0 Å². The van der Waals surface area contributed by atoms with Crippen molar-refractivity contribution in [2.45, 2.75) is 44.5 Å². The number of hydrogen-bond acceptors (Lipinski definition) is 5. The van der Waals surface area contributed by atoms with Crippen molar-refractivity contribution in [3.63, 3.8) is 0 Å². The van der Waals surface area contributed by atoms with E-state index < -0.39 is 11.9 Å². The Hall–Kier alpha value is -2.41. The third kappa shape index (κ3) is 3.63. The lowest BCUT2D eigenvalue weighted by atomic mass is 9.91. The zero-order chi connectivity index (χ0) is 19.7. The number of β-lactam (4-membered cyclic amide) rings is 1. The first-order chi connectivity index (χ1) is 13.5. The predicted molar refractivity (Wildman–Crippen MR) is 104 cm³/mol. The van der Waals surface area contributed by atoms with Gasteiger partial charge in [0.05, 0.1) is 20.3 Å². The molecule has 6 nitrogen and oxygen atoms in total. The van der Waals surface area contributed by atoms with Gasteiger partial charge < -0.3 is 23.8 Å². The molecule has 3 atom stereocenters. The minimum Gasteiger partial charge on any atom is -0.497 e. The van der Waals surface area contributed by atoms with Crippen LogP contribution in [-0.4, -0.2) is 43.7 Å². The molecule has 2 fully saturated rings. The second-order valence-corrected chi connectivity index (χ2v) is 7.48. The van der Waals surface area contributed by atoms with Crippen LogP contribution in [0.15, 0.2) is 54.6 Å². The number of anilines is 1. The molecular formula is C22H25NO5. The van der Waals surface area contributed by atoms with Gasteiger partial charge in [-0.3, -0.25) is 4.79 Å². The van der Waals surface area contributed by atoms with Crippen molar-refractivity contribution in [2.24, 2.45) is 0 Å². The summed E-state index contributed by atoms with van der Waals surface area (Å²) < 4.78 is 23.0. The van der Waals surface area contributed by atoms with E-state index in [0.717, 1.165) is 17.0 Å². The highest BCUT2D eigenvalue weighted by Gasteiger charge is 2.56. The van der Waals surface area contributed by atoms with E-state index in [1.165, 1.54) is 0 Å². The Morgan fingerprint density at radius 3 is 2.43 bits per heavy atom. The van der Waals surface area contributed by atoms with Crippen molar-refractivity contribution in [1.29, 1.82) is 0 Å². The first kappa shape index (κ1) is 18.9. The number of hydrogen-bond donors (Lipinski definition) is 0. The van der Waals surface area contributed by atoms with E-state index in [9.17, 15) is 4.79 Å². The van der Waals surface area contributed by atoms with Crippen LogP contribution >= 0.6 is 0 Å². The largest absolute Gasteiger partial charge is 0.497 e. The fraction of sp³-hybridized carbons (Fsp3) is 0.409. The molecule has 6 heteroatoms. The molecule has 0 N–H and O–H groups in total. The number of benzene rings is 2. The van der Waals surface area contributed by atoms with Gasteiger partial charge in [0.2, 0.25) is 0 Å². The summed E-state index contributed by atoms with van der Waals surface area (Å²) in [6.45, 7) is 4.56. The lowest BCUT2D eigenvalue weighted by Gasteiger charge is -2.48. The molecule has 0 spiro atoms. The fourth-order valence-electron chi connectivity index (χ4n) is 3.70. The molecule has 4 rings (SSSR count). The highest BCUT2D eigenvalue weighted by Crippen LogP contribution is 2.38. The fourth-order valence-corrected chi connectivity index (χ4v) is 3.70. The number of carbonyl (C=O) groups excluding carboxylic acids is 1. The van der Waals surface area contributed by atoms with Crippen LogP contribution in [0.5, 0.6) is 5.75 Å². The minimum absolute atomic E-state index is 0.0700. The number of methoxy groups -OCH3 is 1. The number of rotatable bonds is 6. The van der Waals surface area contributed by atoms with E-state index in [1.807, 2.05) is 68.4 Å². The quantitative estimate of drug-likeness (QED) is 0.718. The standard InChI is InChI=1S/C22H25NO5/c1-22(2)27-14-18(28-22)19-20(26-13-15-7-5-4-6-8-15)21(24)23(19)16-9-11-17(25-3)12-10-16/h4-12,18-20H,13-14H2,1-3H3/t18-,19+,20-/m1/s1. The Labute approximate surface area is 165 Å². The zero-order valence-corrected chi connectivity index (χ0v) is 16.3. The number of nitrogens with zero attached hydrogens (tertiary/aromatic N) is 1. The molecule has 0 saturated carbocycles. The van der Waals surface area contributed by atoms with E-state index in [0.29, 0.717) is 13.2 Å². The second-order valence-electron chi connectivity index (χ2n) is 7.48. The second kappa shape index (κ2) is 7.54. The van der Waals surface area contributed by atoms with Crippen molar-refractivity contribution in [2.75, 3.05) is 18.6 Å². The van der Waals surface area contributed by atoms with Crippen LogP contribution in [0.4, 0.5) is 5.69 Å². The summed E-state index contributed by atoms with van der Waals surface area (Å²) in [5.74, 6) is 0.00455. The maximum atomic E-state index is 12.9. The van der Waals surface area contributed by atoms with Gasteiger partial charge in [0.1, 0.15) is 17.9 Å². The smallest absolute Gasteiger partial charge is 0.258 e. The molecule has 2 aliphatic rings. The molecular weight excluding hydrogens is 358 g/mol. The Bertz CT molecular complexity index is 821. The van der Waals surface area contributed by atoms with Gasteiger partial charge in [-0.05, 0) is 43.7 Å². The summed E-state index contributed by atoms with van der Waals surface area (Å²) in [5.41, 5.74) is 1.82. The number of amides is 1. The molecule has 0 aliphatic carbocycles. The van der Waals surface area contributed by atoms with Gasteiger partial charge in [-0.15, -0.1) is 0 Å². The van der Waals surface area contributed by atoms with Gasteiger partial charge in [-0.25, -0.2) is 0 Å². The SMILES string of the molecule is COc1ccc(N2C(=O)[C@H](OCc3ccccc3)[C@@H]2[C@H]2COC(C)(C)O2)cc1. The van der Waals surface area contributed by atoms with Crippen molar-refractivity contribution >= 4 is 11.6 Å². The van der Waals surface area contributed by atoms with Crippen molar-refractivity contribution < 1.29 is 23.7 Å². The molecule has 2 heterocycles. The number of ether oxygens (including phenoxy) is 4. The summed E-state index contributed by atoms with van der Waals surface area (Å²) >= 11 is 0. The van der Waals surface area contributed by atoms with E-state index in [4.69, 9.17) is 18.9 Å². The Morgan fingerprint density at radius 2 is 1.82 bits per heavy atom. The molecule has 2 aromatic rings. The molecule has 0 bridgehead atoms. The predicted octanol–water partition coefficient (Wildman–Crippen LogP) is 3.15. The van der Waals surface area contributed by atoms with Crippen LogP contribution in [0, 0.1) is 0 Å². The molecule has 28 heavy (non-hydrogen) atoms. The van der Waals surface area contributed by atoms with E-state index in [2.05, 4.69) is 0 Å². The summed E-state index contributed by atoms with van der Waals surface area (Å²) in [4.78, 5) is 14.7. The van der Waals surface area contributed by atoms with E-state index in [1.54, 1.807) is 12.0 Å². The highest BCUT2D eigenvalue weighted by atomic mass is 16.7. The highest BCUT2D eigenvalue weighted by molar-refractivity contribution is 6.05. The summed E-state index contributed by atoms with van der Waals surface area (Å²) in [6.07, 6.45) is -0.819. The van der Waals surface area contributed by atoms with Gasteiger partial charge in [0, 0.05) is 5.69 Å². The molecule has 2 aliphatic heterocycles. The Balaban J connectivity index is 1.54.